The molecule has 3 N–H and O–H groups in total. The summed E-state index contributed by atoms with van der Waals surface area (Å²) in [6, 6.07) is 2.29. The van der Waals surface area contributed by atoms with Crippen LogP contribution >= 0.6 is 0 Å². The minimum absolute atomic E-state index is 0.179. The van der Waals surface area contributed by atoms with Crippen molar-refractivity contribution in [3.05, 3.63) is 45.6 Å². The van der Waals surface area contributed by atoms with Crippen molar-refractivity contribution in [2.24, 2.45) is 0 Å². The maximum atomic E-state index is 13.8. The smallest absolute Gasteiger partial charge is 0.329 e. The molecule has 0 amide bonds. The topological polar surface area (TPSA) is 107 Å². The molecule has 0 aliphatic heterocycles. The molecule has 2 aromatic rings. The lowest BCUT2D eigenvalue weighted by atomic mass is 10.2. The van der Waals surface area contributed by atoms with Crippen LogP contribution in [-0.4, -0.2) is 14.9 Å². The fraction of sp³-hybridized carbons (Fsp3) is 0.0909. The number of nitrogens with zero attached hydrogens (tertiary/aromatic N) is 3. The molecule has 0 spiro atoms. The molecule has 0 bridgehead atoms. The number of nitro groups is 1. The minimum atomic E-state index is -0.903. The van der Waals surface area contributed by atoms with Gasteiger partial charge in [0.1, 0.15) is 17.7 Å². The van der Waals surface area contributed by atoms with Gasteiger partial charge in [0, 0.05) is 0 Å². The number of rotatable bonds is 3. The Hall–Kier alpha value is -2.84. The molecule has 0 aliphatic carbocycles. The molecule has 7 nitrogen and oxygen atoms in total. The van der Waals surface area contributed by atoms with Gasteiger partial charge in [-0.2, -0.15) is 4.98 Å². The predicted octanol–water partition coefficient (Wildman–Crippen LogP) is 2.30. The van der Waals surface area contributed by atoms with Crippen molar-refractivity contribution in [1.82, 2.24) is 9.97 Å². The van der Waals surface area contributed by atoms with E-state index in [0.29, 0.717) is 0 Å². The molecule has 0 saturated carbocycles. The number of nitrogen functional groups attached to an aromatic ring is 1. The number of hydrogen-bond acceptors (Lipinski definition) is 6. The molecule has 2 rings (SSSR count). The fourth-order valence-corrected chi connectivity index (χ4v) is 1.50. The summed E-state index contributed by atoms with van der Waals surface area (Å²) in [5.74, 6) is -2.41. The van der Waals surface area contributed by atoms with Gasteiger partial charge in [0.05, 0.1) is 4.92 Å². The molecule has 0 radical (unpaired) electrons. The van der Waals surface area contributed by atoms with E-state index >= 15 is 0 Å². The first-order chi connectivity index (χ1) is 9.40. The number of benzene rings is 1. The van der Waals surface area contributed by atoms with E-state index in [1.165, 1.54) is 13.0 Å². The molecule has 0 unspecified atom stereocenters. The molecular weight excluding hydrogens is 272 g/mol. The van der Waals surface area contributed by atoms with Crippen LogP contribution in [0.5, 0.6) is 0 Å². The Morgan fingerprint density at radius 1 is 1.40 bits per heavy atom. The molecule has 9 heteroatoms. The van der Waals surface area contributed by atoms with Crippen LogP contribution in [0.15, 0.2) is 18.3 Å². The highest BCUT2D eigenvalue weighted by atomic mass is 19.1. The second-order valence-corrected chi connectivity index (χ2v) is 3.90. The Morgan fingerprint density at radius 2 is 2.10 bits per heavy atom. The van der Waals surface area contributed by atoms with Crippen LogP contribution in [0.3, 0.4) is 0 Å². The van der Waals surface area contributed by atoms with Crippen LogP contribution in [0.4, 0.5) is 31.9 Å². The monoisotopic (exact) mass is 281 g/mol. The zero-order chi connectivity index (χ0) is 14.9. The first-order valence-corrected chi connectivity index (χ1v) is 5.38. The average molecular weight is 281 g/mol. The van der Waals surface area contributed by atoms with Crippen molar-refractivity contribution in [1.29, 1.82) is 0 Å². The van der Waals surface area contributed by atoms with Gasteiger partial charge < -0.3 is 11.1 Å². The van der Waals surface area contributed by atoms with Gasteiger partial charge in [-0.25, -0.2) is 13.8 Å². The summed E-state index contributed by atoms with van der Waals surface area (Å²) in [4.78, 5) is 17.1. The maximum Gasteiger partial charge on any atom is 0.329 e. The van der Waals surface area contributed by atoms with Crippen LogP contribution in [-0.2, 0) is 0 Å². The highest BCUT2D eigenvalue weighted by molar-refractivity contribution is 5.67. The Morgan fingerprint density at radius 3 is 2.75 bits per heavy atom. The minimum Gasteiger partial charge on any atom is -0.368 e. The Kier molecular flexibility index (Phi) is 3.42. The Balaban J connectivity index is 2.53. The van der Waals surface area contributed by atoms with Crippen molar-refractivity contribution < 1.29 is 13.7 Å². The number of aryl methyl sites for hydroxylation is 1. The predicted molar refractivity (Wildman–Crippen MR) is 67.5 cm³/mol. The summed E-state index contributed by atoms with van der Waals surface area (Å²) >= 11 is 0. The van der Waals surface area contributed by atoms with E-state index in [2.05, 4.69) is 15.3 Å². The maximum absolute atomic E-state index is 13.8. The number of nitrogens with two attached hydrogens (primary N) is 1. The largest absolute Gasteiger partial charge is 0.368 e. The lowest BCUT2D eigenvalue weighted by Crippen LogP contribution is -2.06. The van der Waals surface area contributed by atoms with E-state index < -0.39 is 27.9 Å². The summed E-state index contributed by atoms with van der Waals surface area (Å²) in [7, 11) is 0. The molecule has 1 heterocycles. The third kappa shape index (κ3) is 2.46. The summed E-state index contributed by atoms with van der Waals surface area (Å²) in [6.45, 7) is 1.43. The molecule has 104 valence electrons. The number of halogens is 2. The second kappa shape index (κ2) is 5.03. The Labute approximate surface area is 111 Å². The van der Waals surface area contributed by atoms with Crippen molar-refractivity contribution in [2.45, 2.75) is 6.92 Å². The molecular formula is C11H9F2N5O2. The molecule has 20 heavy (non-hydrogen) atoms. The van der Waals surface area contributed by atoms with Crippen molar-refractivity contribution in [3.63, 3.8) is 0 Å². The van der Waals surface area contributed by atoms with Gasteiger partial charge in [0.15, 0.2) is 5.82 Å². The molecule has 0 atom stereocenters. The number of anilines is 3. The normalized spacial score (nSPS) is 10.3. The van der Waals surface area contributed by atoms with E-state index in [9.17, 15) is 18.9 Å². The summed E-state index contributed by atoms with van der Waals surface area (Å²) in [5, 5.41) is 13.1. The molecule has 1 aromatic heterocycles. The van der Waals surface area contributed by atoms with Crippen LogP contribution in [0, 0.1) is 28.7 Å². The fourth-order valence-electron chi connectivity index (χ4n) is 1.50. The average Bonchev–Trinajstić information content (AvgIpc) is 2.39. The lowest BCUT2D eigenvalue weighted by molar-refractivity contribution is -0.384. The molecule has 1 aromatic carbocycles. The van der Waals surface area contributed by atoms with Crippen LogP contribution in [0.2, 0.25) is 0 Å². The van der Waals surface area contributed by atoms with Gasteiger partial charge >= 0.3 is 5.69 Å². The van der Waals surface area contributed by atoms with E-state index in [1.807, 2.05) is 0 Å². The first-order valence-electron chi connectivity index (χ1n) is 5.38. The molecule has 0 saturated heterocycles. The highest BCUT2D eigenvalue weighted by Gasteiger charge is 2.20. The van der Waals surface area contributed by atoms with Gasteiger partial charge in [-0.3, -0.25) is 10.1 Å². The van der Waals surface area contributed by atoms with Crippen LogP contribution < -0.4 is 11.1 Å². The second-order valence-electron chi connectivity index (χ2n) is 3.90. The van der Waals surface area contributed by atoms with Gasteiger partial charge in [-0.05, 0) is 18.6 Å². The van der Waals surface area contributed by atoms with Gasteiger partial charge in [-0.1, -0.05) is 6.07 Å². The van der Waals surface area contributed by atoms with Gasteiger partial charge in [0.25, 0.3) is 0 Å². The van der Waals surface area contributed by atoms with Crippen LogP contribution in [0.1, 0.15) is 5.56 Å². The lowest BCUT2D eigenvalue weighted by Gasteiger charge is -2.09. The number of hydrogen-bond donors (Lipinski definition) is 2. The molecule has 0 fully saturated rings. The van der Waals surface area contributed by atoms with E-state index in [1.54, 1.807) is 0 Å². The first kappa shape index (κ1) is 13.6. The van der Waals surface area contributed by atoms with E-state index in [-0.39, 0.29) is 17.3 Å². The number of nitrogens with one attached hydrogen (secondary N) is 1. The summed E-state index contributed by atoms with van der Waals surface area (Å²) in [6.07, 6.45) is 0.857. The third-order valence-corrected chi connectivity index (χ3v) is 2.51. The summed E-state index contributed by atoms with van der Waals surface area (Å²) < 4.78 is 27.4. The SMILES string of the molecule is Cc1ccc(F)c(Nc2nc(N)ncc2[N+](=O)[O-])c1F. The van der Waals surface area contributed by atoms with Gasteiger partial charge in [0.2, 0.25) is 11.8 Å². The Bertz CT molecular complexity index is 693. The standard InChI is InChI=1S/C11H9F2N5O2/c1-5-2-3-6(12)9(8(5)13)16-10-7(18(19)20)4-15-11(14)17-10/h2-4H,1H3,(H3,14,15,16,17). The molecule has 0 aliphatic rings. The van der Waals surface area contributed by atoms with E-state index in [4.69, 9.17) is 5.73 Å². The van der Waals surface area contributed by atoms with Crippen LogP contribution in [0.25, 0.3) is 0 Å². The zero-order valence-electron chi connectivity index (χ0n) is 10.2. The quantitative estimate of drug-likeness (QED) is 0.660. The van der Waals surface area contributed by atoms with Gasteiger partial charge in [-0.15, -0.1) is 0 Å². The summed E-state index contributed by atoms with van der Waals surface area (Å²) in [5.41, 5.74) is 4.42. The zero-order valence-corrected chi connectivity index (χ0v) is 10.2. The van der Waals surface area contributed by atoms with Crippen molar-refractivity contribution >= 4 is 23.1 Å². The van der Waals surface area contributed by atoms with Crippen molar-refractivity contribution in [2.75, 3.05) is 11.1 Å². The third-order valence-electron chi connectivity index (χ3n) is 2.51. The van der Waals surface area contributed by atoms with E-state index in [0.717, 1.165) is 12.3 Å². The number of aromatic nitrogens is 2. The highest BCUT2D eigenvalue weighted by Crippen LogP contribution is 2.29. The van der Waals surface area contributed by atoms with Crippen molar-refractivity contribution in [3.8, 4) is 0 Å².